The second-order valence-corrected chi connectivity index (χ2v) is 6.13. The number of rotatable bonds is 3. The number of aromatic hydroxyl groups is 1. The second-order valence-electron chi connectivity index (χ2n) is 6.13. The summed E-state index contributed by atoms with van der Waals surface area (Å²) in [6.07, 6.45) is -0.749. The number of phenolic OH excluding ortho intramolecular Hbond substituents is 1. The van der Waals surface area contributed by atoms with E-state index >= 15 is 0 Å². The molecule has 0 unspecified atom stereocenters. The Morgan fingerprint density at radius 3 is 2.37 bits per heavy atom. The molecule has 0 fully saturated rings. The minimum atomic E-state index is -0.749. The highest BCUT2D eigenvalue weighted by atomic mass is 16.3. The van der Waals surface area contributed by atoms with E-state index in [1.807, 2.05) is 12.1 Å². The fourth-order valence-electron chi connectivity index (χ4n) is 3.07. The van der Waals surface area contributed by atoms with E-state index in [2.05, 4.69) is 10.7 Å². The van der Waals surface area contributed by atoms with Gasteiger partial charge in [-0.3, -0.25) is 15.0 Å². The van der Waals surface area contributed by atoms with Gasteiger partial charge in [-0.05, 0) is 30.3 Å². The molecule has 1 heterocycles. The highest BCUT2D eigenvalue weighted by Crippen LogP contribution is 2.35. The third kappa shape index (κ3) is 3.08. The molecule has 3 aromatic rings. The fraction of sp³-hybridized carbons (Fsp3) is 0.0476. The third-order valence-electron chi connectivity index (χ3n) is 4.42. The molecule has 1 atom stereocenters. The minimum absolute atomic E-state index is 0.0288. The Morgan fingerprint density at radius 1 is 0.926 bits per heavy atom. The molecule has 6 heteroatoms. The molecule has 0 spiro atoms. The van der Waals surface area contributed by atoms with Crippen molar-refractivity contribution in [3.63, 3.8) is 0 Å². The van der Waals surface area contributed by atoms with Gasteiger partial charge in [0.1, 0.15) is 5.75 Å². The molecule has 0 aromatic heterocycles. The average molecular weight is 359 g/mol. The SMILES string of the molecule is O=C(NN1C(=O)c2ccccc2N[C@@H]1c1ccccc1O)c1ccccc1. The van der Waals surface area contributed by atoms with E-state index in [-0.39, 0.29) is 11.7 Å². The van der Waals surface area contributed by atoms with Crippen molar-refractivity contribution >= 4 is 17.5 Å². The van der Waals surface area contributed by atoms with Gasteiger partial charge < -0.3 is 10.4 Å². The van der Waals surface area contributed by atoms with Crippen LogP contribution in [-0.4, -0.2) is 21.9 Å². The van der Waals surface area contributed by atoms with E-state index in [1.165, 1.54) is 5.01 Å². The quantitative estimate of drug-likeness (QED) is 0.670. The number of amides is 2. The largest absolute Gasteiger partial charge is 0.508 e. The topological polar surface area (TPSA) is 81.7 Å². The molecular formula is C21H17N3O3. The summed E-state index contributed by atoms with van der Waals surface area (Å²) in [5, 5.41) is 14.7. The summed E-state index contributed by atoms with van der Waals surface area (Å²) in [7, 11) is 0. The van der Waals surface area contributed by atoms with Crippen LogP contribution < -0.4 is 10.7 Å². The first-order chi connectivity index (χ1) is 13.1. The van der Waals surface area contributed by atoms with E-state index in [4.69, 9.17) is 0 Å². The zero-order chi connectivity index (χ0) is 18.8. The van der Waals surface area contributed by atoms with Crippen LogP contribution in [0.3, 0.4) is 0 Å². The summed E-state index contributed by atoms with van der Waals surface area (Å²) in [6, 6.07) is 22.4. The summed E-state index contributed by atoms with van der Waals surface area (Å²) >= 11 is 0. The number of hydrazine groups is 1. The second kappa shape index (κ2) is 6.84. The molecule has 0 radical (unpaired) electrons. The number of anilines is 1. The highest BCUT2D eigenvalue weighted by Gasteiger charge is 2.35. The van der Waals surface area contributed by atoms with E-state index in [9.17, 15) is 14.7 Å². The Labute approximate surface area is 156 Å². The van der Waals surface area contributed by atoms with Gasteiger partial charge in [-0.1, -0.05) is 48.5 Å². The Balaban J connectivity index is 1.74. The van der Waals surface area contributed by atoms with E-state index in [0.717, 1.165) is 0 Å². The molecule has 0 saturated carbocycles. The average Bonchev–Trinajstić information content (AvgIpc) is 2.71. The van der Waals surface area contributed by atoms with Crippen LogP contribution in [-0.2, 0) is 0 Å². The number of para-hydroxylation sites is 2. The summed E-state index contributed by atoms with van der Waals surface area (Å²) in [4.78, 5) is 25.7. The third-order valence-corrected chi connectivity index (χ3v) is 4.42. The van der Waals surface area contributed by atoms with Crippen molar-refractivity contribution in [1.82, 2.24) is 10.4 Å². The highest BCUT2D eigenvalue weighted by molar-refractivity contribution is 6.04. The van der Waals surface area contributed by atoms with Gasteiger partial charge in [0.15, 0.2) is 6.17 Å². The summed E-state index contributed by atoms with van der Waals surface area (Å²) < 4.78 is 0. The summed E-state index contributed by atoms with van der Waals surface area (Å²) in [5.74, 6) is -0.742. The standard InChI is InChI=1S/C21H17N3O3/c25-18-13-7-5-11-16(18)19-22-17-12-6-4-10-15(17)21(27)24(19)23-20(26)14-8-2-1-3-9-14/h1-13,19,22,25H,(H,23,26)/t19-/m0/s1. The van der Waals surface area contributed by atoms with Crippen LogP contribution in [0.25, 0.3) is 0 Å². The number of hydrogen-bond donors (Lipinski definition) is 3. The smallest absolute Gasteiger partial charge is 0.276 e. The number of carbonyl (C=O) groups is 2. The monoisotopic (exact) mass is 359 g/mol. The maximum absolute atomic E-state index is 13.1. The molecule has 0 aliphatic carbocycles. The zero-order valence-corrected chi connectivity index (χ0v) is 14.3. The zero-order valence-electron chi connectivity index (χ0n) is 14.3. The van der Waals surface area contributed by atoms with Crippen molar-refractivity contribution in [2.24, 2.45) is 0 Å². The molecule has 0 saturated heterocycles. The van der Waals surface area contributed by atoms with Crippen molar-refractivity contribution in [2.45, 2.75) is 6.17 Å². The number of phenols is 1. The first-order valence-corrected chi connectivity index (χ1v) is 8.48. The minimum Gasteiger partial charge on any atom is -0.508 e. The van der Waals surface area contributed by atoms with Crippen molar-refractivity contribution in [3.8, 4) is 5.75 Å². The van der Waals surface area contributed by atoms with Crippen LogP contribution >= 0.6 is 0 Å². The molecule has 1 aliphatic rings. The molecular weight excluding hydrogens is 342 g/mol. The number of nitrogens with zero attached hydrogens (tertiary/aromatic N) is 1. The fourth-order valence-corrected chi connectivity index (χ4v) is 3.07. The molecule has 2 amide bonds. The number of fused-ring (bicyclic) bond motifs is 1. The van der Waals surface area contributed by atoms with Crippen LogP contribution in [0.4, 0.5) is 5.69 Å². The van der Waals surface area contributed by atoms with Crippen LogP contribution in [0.1, 0.15) is 32.4 Å². The molecule has 27 heavy (non-hydrogen) atoms. The maximum atomic E-state index is 13.1. The number of benzene rings is 3. The first kappa shape index (κ1) is 16.7. The Kier molecular flexibility index (Phi) is 4.22. The Bertz CT molecular complexity index is 1000. The molecule has 134 valence electrons. The molecule has 6 nitrogen and oxygen atoms in total. The molecule has 3 aromatic carbocycles. The molecule has 1 aliphatic heterocycles. The van der Waals surface area contributed by atoms with Crippen molar-refractivity contribution in [3.05, 3.63) is 95.6 Å². The lowest BCUT2D eigenvalue weighted by molar-refractivity contribution is 0.0488. The van der Waals surface area contributed by atoms with E-state index in [0.29, 0.717) is 22.4 Å². The van der Waals surface area contributed by atoms with Gasteiger partial charge in [0, 0.05) is 16.8 Å². The number of carbonyl (C=O) groups excluding carboxylic acids is 2. The van der Waals surface area contributed by atoms with Gasteiger partial charge >= 0.3 is 0 Å². The van der Waals surface area contributed by atoms with Crippen LogP contribution in [0.15, 0.2) is 78.9 Å². The van der Waals surface area contributed by atoms with Crippen LogP contribution in [0, 0.1) is 0 Å². The van der Waals surface area contributed by atoms with Crippen molar-refractivity contribution < 1.29 is 14.7 Å². The van der Waals surface area contributed by atoms with Gasteiger partial charge in [0.05, 0.1) is 5.56 Å². The molecule has 0 bridgehead atoms. The Morgan fingerprint density at radius 2 is 1.59 bits per heavy atom. The first-order valence-electron chi connectivity index (χ1n) is 8.48. The number of nitrogens with one attached hydrogen (secondary N) is 2. The van der Waals surface area contributed by atoms with E-state index < -0.39 is 12.1 Å². The lowest BCUT2D eigenvalue weighted by Gasteiger charge is -2.37. The lowest BCUT2D eigenvalue weighted by atomic mass is 10.0. The van der Waals surface area contributed by atoms with Gasteiger partial charge in [0.2, 0.25) is 0 Å². The number of hydrogen-bond acceptors (Lipinski definition) is 4. The van der Waals surface area contributed by atoms with Crippen molar-refractivity contribution in [1.29, 1.82) is 0 Å². The lowest BCUT2D eigenvalue weighted by Crippen LogP contribution is -2.52. The van der Waals surface area contributed by atoms with Gasteiger partial charge in [-0.2, -0.15) is 0 Å². The maximum Gasteiger partial charge on any atom is 0.276 e. The van der Waals surface area contributed by atoms with Crippen molar-refractivity contribution in [2.75, 3.05) is 5.32 Å². The van der Waals surface area contributed by atoms with E-state index in [1.54, 1.807) is 66.7 Å². The molecule has 4 rings (SSSR count). The summed E-state index contributed by atoms with van der Waals surface area (Å²) in [5.41, 5.74) is 4.67. The molecule has 3 N–H and O–H groups in total. The normalized spacial score (nSPS) is 15.6. The van der Waals surface area contributed by atoms with Crippen LogP contribution in [0.5, 0.6) is 5.75 Å². The van der Waals surface area contributed by atoms with Gasteiger partial charge in [-0.25, -0.2) is 5.01 Å². The predicted octanol–water partition coefficient (Wildman–Crippen LogP) is 3.30. The Hall–Kier alpha value is -3.80. The van der Waals surface area contributed by atoms with Gasteiger partial charge in [-0.15, -0.1) is 0 Å². The summed E-state index contributed by atoms with van der Waals surface area (Å²) in [6.45, 7) is 0. The van der Waals surface area contributed by atoms with Crippen LogP contribution in [0.2, 0.25) is 0 Å². The predicted molar refractivity (Wildman–Crippen MR) is 101 cm³/mol. The van der Waals surface area contributed by atoms with Gasteiger partial charge in [0.25, 0.3) is 11.8 Å².